The summed E-state index contributed by atoms with van der Waals surface area (Å²) in [7, 11) is 1.61. The zero-order chi connectivity index (χ0) is 53.7. The summed E-state index contributed by atoms with van der Waals surface area (Å²) in [5.41, 5.74) is 5.86. The average Bonchev–Trinajstić information content (AvgIpc) is 4.05. The highest BCUT2D eigenvalue weighted by Crippen LogP contribution is 2.39. The molecule has 5 atom stereocenters. The van der Waals surface area contributed by atoms with E-state index in [2.05, 4.69) is 51.1 Å². The summed E-state index contributed by atoms with van der Waals surface area (Å²) in [4.78, 5) is 49.7. The first-order chi connectivity index (χ1) is 38.2. The number of nitriles is 2. The van der Waals surface area contributed by atoms with Gasteiger partial charge in [-0.2, -0.15) is 10.5 Å². The molecule has 11 nitrogen and oxygen atoms in total. The molecule has 11 heteroatoms. The van der Waals surface area contributed by atoms with Gasteiger partial charge in [-0.3, -0.25) is 24.2 Å². The number of carbonyl (C=O) groups excluding carboxylic acids is 3. The maximum absolute atomic E-state index is 14.2. The molecular formula is C67H75N5O6. The van der Waals surface area contributed by atoms with E-state index in [1.165, 1.54) is 31.2 Å². The number of aryl methyl sites for hydroxylation is 1. The second-order valence-electron chi connectivity index (χ2n) is 23.3. The molecule has 0 spiro atoms. The Morgan fingerprint density at radius 3 is 1.82 bits per heavy atom. The number of piperidine rings is 3. The van der Waals surface area contributed by atoms with Gasteiger partial charge in [-0.05, 0) is 183 Å². The van der Waals surface area contributed by atoms with Crippen molar-refractivity contribution in [3.05, 3.63) is 130 Å². The number of hydrogen-bond donors (Lipinski definition) is 1. The van der Waals surface area contributed by atoms with Crippen LogP contribution in [0.1, 0.15) is 137 Å². The summed E-state index contributed by atoms with van der Waals surface area (Å²) in [5, 5.41) is 35.6. The molecule has 78 heavy (non-hydrogen) atoms. The van der Waals surface area contributed by atoms with Crippen molar-refractivity contribution in [1.82, 2.24) is 14.7 Å². The SMILES string of the molecule is COc1ccc2cc(C(=O)C3CCCN(C4CCC4COc4ccc5cc(C(=O)C6CCCN(CCCc7ccc8c(CO)cc(C(=O)C9CCCN(C%10CCCC%10)C9)cc8c7)C6)ccc5c4CC#N)C3)ccc2c1CC#N. The van der Waals surface area contributed by atoms with Gasteiger partial charge < -0.3 is 19.5 Å². The van der Waals surface area contributed by atoms with E-state index in [0.717, 1.165) is 165 Å². The lowest BCUT2D eigenvalue weighted by Gasteiger charge is -2.47. The van der Waals surface area contributed by atoms with Gasteiger partial charge in [0.05, 0.1) is 45.3 Å². The average molecular weight is 1050 g/mol. The third kappa shape index (κ3) is 11.4. The molecule has 3 saturated heterocycles. The molecule has 0 radical (unpaired) electrons. The van der Waals surface area contributed by atoms with Crippen LogP contribution in [0.5, 0.6) is 11.5 Å². The minimum atomic E-state index is -0.0989. The number of carbonyl (C=O) groups is 3. The van der Waals surface area contributed by atoms with E-state index in [0.29, 0.717) is 47.2 Å². The van der Waals surface area contributed by atoms with Gasteiger partial charge in [0.25, 0.3) is 0 Å². The van der Waals surface area contributed by atoms with Crippen molar-refractivity contribution in [1.29, 1.82) is 10.5 Å². The zero-order valence-corrected chi connectivity index (χ0v) is 45.5. The van der Waals surface area contributed by atoms with Crippen LogP contribution in [0.4, 0.5) is 0 Å². The fourth-order valence-electron chi connectivity index (χ4n) is 14.3. The van der Waals surface area contributed by atoms with E-state index in [1.807, 2.05) is 66.7 Å². The van der Waals surface area contributed by atoms with Crippen molar-refractivity contribution in [3.63, 3.8) is 0 Å². The number of Topliss-reactive ketones (excluding diaryl/α,β-unsaturated/α-hetero) is 3. The lowest BCUT2D eigenvalue weighted by molar-refractivity contribution is 0.00882. The number of ketones is 3. The fraction of sp³-hybridized carbons (Fsp3) is 0.478. The largest absolute Gasteiger partial charge is 0.496 e. The molecule has 6 aromatic rings. The first-order valence-corrected chi connectivity index (χ1v) is 29.2. The molecule has 6 aromatic carbocycles. The van der Waals surface area contributed by atoms with Gasteiger partial charge >= 0.3 is 0 Å². The number of likely N-dealkylation sites (tertiary alicyclic amines) is 3. The van der Waals surface area contributed by atoms with Crippen molar-refractivity contribution in [2.24, 2.45) is 23.7 Å². The first-order valence-electron chi connectivity index (χ1n) is 29.2. The maximum atomic E-state index is 14.2. The van der Waals surface area contributed by atoms with Crippen LogP contribution in [0, 0.1) is 46.3 Å². The van der Waals surface area contributed by atoms with Crippen LogP contribution in [0.15, 0.2) is 91.0 Å². The number of fused-ring (bicyclic) bond motifs is 3. The number of methoxy groups -OCH3 is 1. The van der Waals surface area contributed by atoms with Gasteiger partial charge in [0.15, 0.2) is 17.3 Å². The number of aliphatic hydroxyl groups excluding tert-OH is 1. The van der Waals surface area contributed by atoms with Crippen LogP contribution in [-0.2, 0) is 25.9 Å². The van der Waals surface area contributed by atoms with Crippen LogP contribution in [-0.4, -0.2) is 109 Å². The Labute approximate surface area is 460 Å². The molecule has 404 valence electrons. The van der Waals surface area contributed by atoms with Gasteiger partial charge in [0.2, 0.25) is 0 Å². The summed E-state index contributed by atoms with van der Waals surface area (Å²) < 4.78 is 12.1. The lowest BCUT2D eigenvalue weighted by atomic mass is 9.77. The van der Waals surface area contributed by atoms with Gasteiger partial charge in [-0.25, -0.2) is 0 Å². The molecule has 3 aliphatic heterocycles. The minimum Gasteiger partial charge on any atom is -0.496 e. The lowest BCUT2D eigenvalue weighted by Crippen LogP contribution is -2.53. The number of hydrogen-bond acceptors (Lipinski definition) is 11. The zero-order valence-electron chi connectivity index (χ0n) is 45.5. The van der Waals surface area contributed by atoms with E-state index in [1.54, 1.807) is 7.11 Å². The van der Waals surface area contributed by atoms with Crippen molar-refractivity contribution in [2.75, 3.05) is 59.5 Å². The van der Waals surface area contributed by atoms with Crippen LogP contribution in [0.25, 0.3) is 32.3 Å². The van der Waals surface area contributed by atoms with Gasteiger partial charge in [-0.1, -0.05) is 67.4 Å². The van der Waals surface area contributed by atoms with E-state index in [4.69, 9.17) is 9.47 Å². The molecule has 0 aromatic heterocycles. The summed E-state index contributed by atoms with van der Waals surface area (Å²) in [6.07, 6.45) is 15.1. The number of rotatable bonds is 19. The Morgan fingerprint density at radius 1 is 0.590 bits per heavy atom. The monoisotopic (exact) mass is 1050 g/mol. The Bertz CT molecular complexity index is 3300. The number of benzene rings is 6. The Hall–Kier alpha value is -6.47. The molecule has 1 N–H and O–H groups in total. The molecule has 0 bridgehead atoms. The van der Waals surface area contributed by atoms with E-state index >= 15 is 0 Å². The second-order valence-corrected chi connectivity index (χ2v) is 23.3. The van der Waals surface area contributed by atoms with E-state index in [9.17, 15) is 30.0 Å². The summed E-state index contributed by atoms with van der Waals surface area (Å²) in [6.45, 7) is 6.67. The molecule has 3 heterocycles. The van der Waals surface area contributed by atoms with E-state index < -0.39 is 0 Å². The van der Waals surface area contributed by atoms with Gasteiger partial charge in [0, 0.05) is 83.2 Å². The molecule has 2 aliphatic carbocycles. The van der Waals surface area contributed by atoms with Crippen LogP contribution in [0.2, 0.25) is 0 Å². The van der Waals surface area contributed by atoms with Crippen molar-refractivity contribution in [2.45, 2.75) is 121 Å². The highest BCUT2D eigenvalue weighted by molar-refractivity contribution is 6.04. The van der Waals surface area contributed by atoms with Crippen LogP contribution in [0.3, 0.4) is 0 Å². The van der Waals surface area contributed by atoms with Gasteiger partial charge in [-0.15, -0.1) is 0 Å². The second kappa shape index (κ2) is 24.3. The predicted octanol–water partition coefficient (Wildman–Crippen LogP) is 11.9. The third-order valence-electron chi connectivity index (χ3n) is 18.6. The summed E-state index contributed by atoms with van der Waals surface area (Å²) in [5.74, 6) is 2.11. The molecule has 5 unspecified atom stereocenters. The number of ether oxygens (including phenoxy) is 2. The fourth-order valence-corrected chi connectivity index (χ4v) is 14.3. The standard InChI is InChI=1S/C67H75N5O6/c1-77-63-24-18-45-35-48(15-21-58(45)60(63)26-28-68)66(75)51-11-7-33-72(41-51)62-23-17-52(62)43-78-64-25-19-46-36-47(16-22-59(46)61(64)27-29-69)65(74)49-9-5-31-70(39-49)30-4-8-44-14-20-57-53(34-44)37-54(38-55(57)42-73)67(76)50-10-6-32-71(40-50)56-12-2-3-13-56/h14-16,18-22,24-25,34-38,49-52,56,62,73H,2-13,17,23,26-27,30-33,39-43H2,1H3. The topological polar surface area (TPSA) is 147 Å². The third-order valence-corrected chi connectivity index (χ3v) is 18.6. The smallest absolute Gasteiger partial charge is 0.167 e. The highest BCUT2D eigenvalue weighted by Gasteiger charge is 2.40. The molecule has 0 amide bonds. The molecule has 2 saturated carbocycles. The van der Waals surface area contributed by atoms with Crippen molar-refractivity contribution >= 4 is 49.7 Å². The minimum absolute atomic E-state index is 0.00645. The molecule has 5 aliphatic rings. The first kappa shape index (κ1) is 53.5. The number of aliphatic hydroxyl groups is 1. The number of nitrogens with zero attached hydrogens (tertiary/aromatic N) is 5. The quantitative estimate of drug-likeness (QED) is 0.0773. The Morgan fingerprint density at radius 2 is 1.18 bits per heavy atom. The summed E-state index contributed by atoms with van der Waals surface area (Å²) in [6, 6.07) is 35.6. The van der Waals surface area contributed by atoms with Crippen LogP contribution >= 0.6 is 0 Å². The van der Waals surface area contributed by atoms with Gasteiger partial charge in [0.1, 0.15) is 11.5 Å². The van der Waals surface area contributed by atoms with E-state index in [-0.39, 0.29) is 54.6 Å². The maximum Gasteiger partial charge on any atom is 0.167 e. The van der Waals surface area contributed by atoms with Crippen molar-refractivity contribution in [3.8, 4) is 23.6 Å². The Balaban J connectivity index is 0.684. The summed E-state index contributed by atoms with van der Waals surface area (Å²) >= 11 is 0. The van der Waals surface area contributed by atoms with Crippen LogP contribution < -0.4 is 9.47 Å². The molecule has 5 fully saturated rings. The Kier molecular flexibility index (Phi) is 16.7. The highest BCUT2D eigenvalue weighted by atomic mass is 16.5. The van der Waals surface area contributed by atoms with Crippen molar-refractivity contribution < 1.29 is 29.0 Å². The predicted molar refractivity (Wildman–Crippen MR) is 306 cm³/mol. The normalized spacial score (nSPS) is 22.5. The molecular weight excluding hydrogens is 971 g/mol. The molecule has 11 rings (SSSR count).